The normalized spacial score (nSPS) is 17.5. The van der Waals surface area contributed by atoms with Crippen LogP contribution in [0.15, 0.2) is 24.3 Å². The van der Waals surface area contributed by atoms with Gasteiger partial charge in [-0.1, -0.05) is 23.7 Å². The van der Waals surface area contributed by atoms with E-state index < -0.39 is 0 Å². The summed E-state index contributed by atoms with van der Waals surface area (Å²) < 4.78 is 0. The Morgan fingerprint density at radius 3 is 2.71 bits per heavy atom. The summed E-state index contributed by atoms with van der Waals surface area (Å²) >= 11 is 6.21. The molecule has 3 nitrogen and oxygen atoms in total. The summed E-state index contributed by atoms with van der Waals surface area (Å²) in [7, 11) is 0. The summed E-state index contributed by atoms with van der Waals surface area (Å²) in [5.41, 5.74) is 0.945. The summed E-state index contributed by atoms with van der Waals surface area (Å²) in [6.07, 6.45) is 2.18. The maximum atomic E-state index is 6.21. The topological polar surface area (TPSA) is 37.8 Å². The minimum atomic E-state index is 0.443. The number of aromatic nitrogens is 2. The Morgan fingerprint density at radius 1 is 1.12 bits per heavy atom. The van der Waals surface area contributed by atoms with Crippen LogP contribution in [0.25, 0.3) is 10.9 Å². The molecule has 3 rings (SSSR count). The highest BCUT2D eigenvalue weighted by Crippen LogP contribution is 2.27. The van der Waals surface area contributed by atoms with E-state index in [1.807, 2.05) is 24.3 Å². The van der Waals surface area contributed by atoms with Gasteiger partial charge in [0.1, 0.15) is 11.0 Å². The molecule has 1 fully saturated rings. The average Bonchev–Trinajstić information content (AvgIpc) is 2.40. The molecule has 1 aromatic heterocycles. The van der Waals surface area contributed by atoms with Crippen LogP contribution in [-0.4, -0.2) is 23.1 Å². The van der Waals surface area contributed by atoms with Gasteiger partial charge in [-0.15, -0.1) is 0 Å². The lowest BCUT2D eigenvalue weighted by Crippen LogP contribution is -2.27. The second-order valence-corrected chi connectivity index (χ2v) is 4.77. The molecule has 2 heterocycles. The van der Waals surface area contributed by atoms with Crippen molar-refractivity contribution in [1.29, 1.82) is 0 Å². The van der Waals surface area contributed by atoms with Gasteiger partial charge in [-0.25, -0.2) is 9.97 Å². The molecule has 88 valence electrons. The predicted octanol–water partition coefficient (Wildman–Crippen LogP) is 2.75. The third-order valence-electron chi connectivity index (χ3n) is 3.28. The first-order valence-electron chi connectivity index (χ1n) is 5.97. The molecule has 0 radical (unpaired) electrons. The Labute approximate surface area is 105 Å². The van der Waals surface area contributed by atoms with Crippen LogP contribution in [0.5, 0.6) is 0 Å². The van der Waals surface area contributed by atoms with E-state index in [2.05, 4.69) is 15.3 Å². The third kappa shape index (κ3) is 2.13. The lowest BCUT2D eigenvalue weighted by atomic mass is 9.97. The van der Waals surface area contributed by atoms with Crippen molar-refractivity contribution in [2.24, 2.45) is 0 Å². The maximum Gasteiger partial charge on any atom is 0.140 e. The molecule has 0 unspecified atom stereocenters. The number of hydrogen-bond acceptors (Lipinski definition) is 3. The molecule has 0 amide bonds. The summed E-state index contributed by atoms with van der Waals surface area (Å²) in [6.45, 7) is 2.08. The highest BCUT2D eigenvalue weighted by Gasteiger charge is 2.19. The van der Waals surface area contributed by atoms with Gasteiger partial charge in [0, 0.05) is 11.3 Å². The van der Waals surface area contributed by atoms with Crippen LogP contribution in [0, 0.1) is 0 Å². The molecule has 4 heteroatoms. The van der Waals surface area contributed by atoms with E-state index in [-0.39, 0.29) is 0 Å². The fourth-order valence-electron chi connectivity index (χ4n) is 2.32. The second-order valence-electron chi connectivity index (χ2n) is 4.41. The number of hydrogen-bond donors (Lipinski definition) is 1. The van der Waals surface area contributed by atoms with Crippen LogP contribution in [0.3, 0.4) is 0 Å². The summed E-state index contributed by atoms with van der Waals surface area (Å²) in [5.74, 6) is 1.34. The quantitative estimate of drug-likeness (QED) is 0.788. The number of rotatable bonds is 1. The highest BCUT2D eigenvalue weighted by molar-refractivity contribution is 6.34. The van der Waals surface area contributed by atoms with Crippen LogP contribution in [-0.2, 0) is 0 Å². The van der Waals surface area contributed by atoms with Crippen LogP contribution in [0.2, 0.25) is 5.15 Å². The van der Waals surface area contributed by atoms with Crippen LogP contribution in [0.4, 0.5) is 0 Å². The monoisotopic (exact) mass is 247 g/mol. The van der Waals surface area contributed by atoms with Gasteiger partial charge in [0.25, 0.3) is 0 Å². The highest BCUT2D eigenvalue weighted by atomic mass is 35.5. The zero-order chi connectivity index (χ0) is 11.7. The largest absolute Gasteiger partial charge is 0.317 e. The minimum absolute atomic E-state index is 0.443. The molecule has 1 aliphatic rings. The zero-order valence-electron chi connectivity index (χ0n) is 9.49. The van der Waals surface area contributed by atoms with Crippen molar-refractivity contribution < 1.29 is 0 Å². The first kappa shape index (κ1) is 10.9. The molecule has 2 aromatic rings. The molecule has 0 saturated carbocycles. The van der Waals surface area contributed by atoms with E-state index >= 15 is 0 Å². The van der Waals surface area contributed by atoms with Gasteiger partial charge in [-0.3, -0.25) is 0 Å². The molecular weight excluding hydrogens is 234 g/mol. The van der Waals surface area contributed by atoms with Gasteiger partial charge in [0.2, 0.25) is 0 Å². The standard InChI is InChI=1S/C13H14ClN3/c14-12-10-3-1-2-4-11(10)16-13(17-12)9-5-7-15-8-6-9/h1-4,9,15H,5-8H2. The predicted molar refractivity (Wildman–Crippen MR) is 69.4 cm³/mol. The van der Waals surface area contributed by atoms with Crippen molar-refractivity contribution in [3.63, 3.8) is 0 Å². The lowest BCUT2D eigenvalue weighted by Gasteiger charge is -2.21. The molecule has 0 bridgehead atoms. The van der Waals surface area contributed by atoms with Gasteiger partial charge in [-0.2, -0.15) is 0 Å². The number of nitrogens with one attached hydrogen (secondary N) is 1. The molecule has 1 saturated heterocycles. The Hall–Kier alpha value is -1.19. The van der Waals surface area contributed by atoms with E-state index in [0.717, 1.165) is 42.7 Å². The Bertz CT molecular complexity index is 535. The molecular formula is C13H14ClN3. The van der Waals surface area contributed by atoms with E-state index in [4.69, 9.17) is 11.6 Å². The number of benzene rings is 1. The Balaban J connectivity index is 2.05. The van der Waals surface area contributed by atoms with E-state index in [1.54, 1.807) is 0 Å². The Morgan fingerprint density at radius 2 is 1.88 bits per heavy atom. The maximum absolute atomic E-state index is 6.21. The first-order valence-corrected chi connectivity index (χ1v) is 6.35. The molecule has 17 heavy (non-hydrogen) atoms. The van der Waals surface area contributed by atoms with Crippen LogP contribution < -0.4 is 5.32 Å². The SMILES string of the molecule is Clc1nc(C2CCNCC2)nc2ccccc12. The van der Waals surface area contributed by atoms with Crippen molar-refractivity contribution in [3.8, 4) is 0 Å². The van der Waals surface area contributed by atoms with Gasteiger partial charge in [0.15, 0.2) is 0 Å². The smallest absolute Gasteiger partial charge is 0.140 e. The van der Waals surface area contributed by atoms with E-state index in [9.17, 15) is 0 Å². The van der Waals surface area contributed by atoms with Crippen molar-refractivity contribution in [2.75, 3.05) is 13.1 Å². The van der Waals surface area contributed by atoms with Crippen molar-refractivity contribution in [3.05, 3.63) is 35.2 Å². The van der Waals surface area contributed by atoms with E-state index in [0.29, 0.717) is 11.1 Å². The van der Waals surface area contributed by atoms with Crippen molar-refractivity contribution in [1.82, 2.24) is 15.3 Å². The first-order chi connectivity index (χ1) is 8.34. The van der Waals surface area contributed by atoms with Crippen molar-refractivity contribution >= 4 is 22.5 Å². The fourth-order valence-corrected chi connectivity index (χ4v) is 2.56. The third-order valence-corrected chi connectivity index (χ3v) is 3.57. The lowest BCUT2D eigenvalue weighted by molar-refractivity contribution is 0.446. The van der Waals surface area contributed by atoms with Crippen LogP contribution in [0.1, 0.15) is 24.6 Å². The summed E-state index contributed by atoms with van der Waals surface area (Å²) in [5, 5.41) is 4.86. The van der Waals surface area contributed by atoms with Gasteiger partial charge in [-0.05, 0) is 38.1 Å². The summed E-state index contributed by atoms with van der Waals surface area (Å²) in [6, 6.07) is 7.90. The van der Waals surface area contributed by atoms with E-state index in [1.165, 1.54) is 0 Å². The molecule has 0 spiro atoms. The molecule has 0 atom stereocenters. The fraction of sp³-hybridized carbons (Fsp3) is 0.385. The molecule has 1 N–H and O–H groups in total. The molecule has 1 aromatic carbocycles. The molecule has 1 aliphatic heterocycles. The molecule has 0 aliphatic carbocycles. The van der Waals surface area contributed by atoms with Gasteiger partial charge < -0.3 is 5.32 Å². The van der Waals surface area contributed by atoms with Crippen LogP contribution >= 0.6 is 11.6 Å². The zero-order valence-corrected chi connectivity index (χ0v) is 10.2. The van der Waals surface area contributed by atoms with Gasteiger partial charge >= 0.3 is 0 Å². The minimum Gasteiger partial charge on any atom is -0.317 e. The average molecular weight is 248 g/mol. The second kappa shape index (κ2) is 4.59. The Kier molecular flexibility index (Phi) is 2.95. The van der Waals surface area contributed by atoms with Crippen molar-refractivity contribution in [2.45, 2.75) is 18.8 Å². The number of piperidine rings is 1. The number of fused-ring (bicyclic) bond motifs is 1. The number of halogens is 1. The number of nitrogens with zero attached hydrogens (tertiary/aromatic N) is 2. The summed E-state index contributed by atoms with van der Waals surface area (Å²) in [4.78, 5) is 9.09. The number of para-hydroxylation sites is 1. The van der Waals surface area contributed by atoms with Gasteiger partial charge in [0.05, 0.1) is 5.52 Å².